The molecule has 0 fully saturated rings. The van der Waals surface area contributed by atoms with Gasteiger partial charge >= 0.3 is 0 Å². The molecular formula is C18H16FN3O2. The van der Waals surface area contributed by atoms with Gasteiger partial charge in [0.2, 0.25) is 5.91 Å². The van der Waals surface area contributed by atoms with Gasteiger partial charge in [0, 0.05) is 18.5 Å². The maximum atomic E-state index is 13.9. The first-order valence-corrected chi connectivity index (χ1v) is 7.87. The number of aryl methyl sites for hydroxylation is 1. The molecule has 3 aromatic rings. The highest BCUT2D eigenvalue weighted by atomic mass is 19.1. The number of rotatable bonds is 3. The average Bonchev–Trinajstić information content (AvgIpc) is 3.21. The molecule has 0 unspecified atom stereocenters. The van der Waals surface area contributed by atoms with Crippen LogP contribution in [0, 0.1) is 5.82 Å². The number of furan rings is 1. The van der Waals surface area contributed by atoms with E-state index in [2.05, 4.69) is 10.4 Å². The number of hydrogen-bond acceptors (Lipinski definition) is 3. The summed E-state index contributed by atoms with van der Waals surface area (Å²) in [4.78, 5) is 12.1. The third-order valence-corrected chi connectivity index (χ3v) is 4.30. The van der Waals surface area contributed by atoms with Crippen LogP contribution in [0.2, 0.25) is 0 Å². The van der Waals surface area contributed by atoms with E-state index in [4.69, 9.17) is 4.42 Å². The summed E-state index contributed by atoms with van der Waals surface area (Å²) >= 11 is 0. The Hall–Kier alpha value is -2.89. The van der Waals surface area contributed by atoms with Crippen molar-refractivity contribution >= 4 is 11.7 Å². The minimum atomic E-state index is -0.334. The van der Waals surface area contributed by atoms with Gasteiger partial charge in [-0.05, 0) is 31.2 Å². The molecule has 2 aromatic heterocycles. The molecule has 0 aliphatic carbocycles. The van der Waals surface area contributed by atoms with Crippen molar-refractivity contribution < 1.29 is 13.6 Å². The van der Waals surface area contributed by atoms with Crippen molar-refractivity contribution in [2.45, 2.75) is 25.8 Å². The highest BCUT2D eigenvalue weighted by Crippen LogP contribution is 2.39. The van der Waals surface area contributed by atoms with E-state index in [0.717, 1.165) is 5.56 Å². The first-order chi connectivity index (χ1) is 11.7. The second-order valence-corrected chi connectivity index (χ2v) is 5.75. The molecule has 3 heterocycles. The summed E-state index contributed by atoms with van der Waals surface area (Å²) in [6.07, 6.45) is 2.04. The number of halogens is 1. The molecule has 1 aliphatic heterocycles. The summed E-state index contributed by atoms with van der Waals surface area (Å²) in [7, 11) is 0. The minimum Gasteiger partial charge on any atom is -0.460 e. The van der Waals surface area contributed by atoms with Crippen molar-refractivity contribution in [1.29, 1.82) is 0 Å². The molecule has 4 rings (SSSR count). The Balaban J connectivity index is 1.74. The molecule has 1 N–H and O–H groups in total. The summed E-state index contributed by atoms with van der Waals surface area (Å²) in [5, 5.41) is 7.17. The Morgan fingerprint density at radius 3 is 2.96 bits per heavy atom. The largest absolute Gasteiger partial charge is 0.460 e. The van der Waals surface area contributed by atoms with E-state index in [-0.39, 0.29) is 24.1 Å². The van der Waals surface area contributed by atoms with Crippen molar-refractivity contribution in [3.63, 3.8) is 0 Å². The van der Waals surface area contributed by atoms with Crippen LogP contribution in [0.4, 0.5) is 10.2 Å². The predicted octanol–water partition coefficient (Wildman–Crippen LogP) is 3.78. The fourth-order valence-electron chi connectivity index (χ4n) is 3.11. The number of amides is 1. The molecule has 5 nitrogen and oxygen atoms in total. The van der Waals surface area contributed by atoms with Gasteiger partial charge < -0.3 is 9.73 Å². The zero-order chi connectivity index (χ0) is 16.7. The van der Waals surface area contributed by atoms with Gasteiger partial charge in [-0.3, -0.25) is 4.79 Å². The van der Waals surface area contributed by atoms with Crippen LogP contribution >= 0.6 is 0 Å². The summed E-state index contributed by atoms with van der Waals surface area (Å²) in [6, 6.07) is 10.0. The van der Waals surface area contributed by atoms with E-state index < -0.39 is 0 Å². The van der Waals surface area contributed by atoms with Gasteiger partial charge in [-0.25, -0.2) is 9.07 Å². The monoisotopic (exact) mass is 325 g/mol. The second-order valence-electron chi connectivity index (χ2n) is 5.75. The van der Waals surface area contributed by atoms with E-state index in [1.807, 2.05) is 6.92 Å². The van der Waals surface area contributed by atoms with Gasteiger partial charge in [0.25, 0.3) is 0 Å². The molecule has 1 atom stereocenters. The summed E-state index contributed by atoms with van der Waals surface area (Å²) in [6.45, 7) is 2.63. The lowest BCUT2D eigenvalue weighted by atomic mass is 9.92. The Morgan fingerprint density at radius 1 is 1.33 bits per heavy atom. The summed E-state index contributed by atoms with van der Waals surface area (Å²) in [5.74, 6) is 1.18. The number of fused-ring (bicyclic) bond motifs is 1. The summed E-state index contributed by atoms with van der Waals surface area (Å²) in [5.41, 5.74) is 1.33. The lowest BCUT2D eigenvalue weighted by molar-refractivity contribution is -0.116. The van der Waals surface area contributed by atoms with Gasteiger partial charge in [0.05, 0.1) is 17.7 Å². The topological polar surface area (TPSA) is 60.1 Å². The van der Waals surface area contributed by atoms with E-state index in [1.54, 1.807) is 41.2 Å². The number of benzene rings is 1. The molecule has 1 aliphatic rings. The van der Waals surface area contributed by atoms with Crippen LogP contribution in [-0.2, 0) is 11.3 Å². The minimum absolute atomic E-state index is 0.0773. The SMILES string of the molecule is CCn1ncc2c1NC(=O)C[C@H]2c1ccc(-c2ccccc2F)o1. The molecule has 122 valence electrons. The highest BCUT2D eigenvalue weighted by molar-refractivity contribution is 5.94. The molecule has 6 heteroatoms. The highest BCUT2D eigenvalue weighted by Gasteiger charge is 2.31. The lowest BCUT2D eigenvalue weighted by Crippen LogP contribution is -2.24. The zero-order valence-electron chi connectivity index (χ0n) is 13.1. The maximum Gasteiger partial charge on any atom is 0.226 e. The van der Waals surface area contributed by atoms with Crippen LogP contribution in [-0.4, -0.2) is 15.7 Å². The van der Waals surface area contributed by atoms with E-state index >= 15 is 0 Å². The van der Waals surface area contributed by atoms with Crippen molar-refractivity contribution in [3.05, 3.63) is 59.7 Å². The summed E-state index contributed by atoms with van der Waals surface area (Å²) < 4.78 is 21.6. The maximum absolute atomic E-state index is 13.9. The van der Waals surface area contributed by atoms with Crippen LogP contribution in [0.5, 0.6) is 0 Å². The third-order valence-electron chi connectivity index (χ3n) is 4.30. The number of carbonyl (C=O) groups excluding carboxylic acids is 1. The third kappa shape index (κ3) is 2.31. The number of anilines is 1. The predicted molar refractivity (Wildman–Crippen MR) is 87.1 cm³/mol. The van der Waals surface area contributed by atoms with Gasteiger partial charge in [-0.15, -0.1) is 0 Å². The Bertz CT molecular complexity index is 913. The van der Waals surface area contributed by atoms with Crippen molar-refractivity contribution in [2.24, 2.45) is 0 Å². The average molecular weight is 325 g/mol. The standard InChI is InChI=1S/C18H16FN3O2/c1-2-22-18-13(10-20-22)12(9-17(23)21-18)16-8-7-15(24-16)11-5-3-4-6-14(11)19/h3-8,10,12H,2,9H2,1H3,(H,21,23)/t12-/m1/s1. The van der Waals surface area contributed by atoms with Gasteiger partial charge in [-0.1, -0.05) is 12.1 Å². The molecule has 0 bridgehead atoms. The van der Waals surface area contributed by atoms with E-state index in [9.17, 15) is 9.18 Å². The van der Waals surface area contributed by atoms with Crippen LogP contribution in [0.3, 0.4) is 0 Å². The first-order valence-electron chi connectivity index (χ1n) is 7.87. The fourth-order valence-corrected chi connectivity index (χ4v) is 3.11. The molecule has 0 saturated heterocycles. The van der Waals surface area contributed by atoms with E-state index in [0.29, 0.717) is 29.4 Å². The van der Waals surface area contributed by atoms with Crippen molar-refractivity contribution in [2.75, 3.05) is 5.32 Å². The molecule has 0 radical (unpaired) electrons. The van der Waals surface area contributed by atoms with Crippen LogP contribution in [0.25, 0.3) is 11.3 Å². The molecule has 1 aromatic carbocycles. The number of hydrogen-bond donors (Lipinski definition) is 1. The normalized spacial score (nSPS) is 16.8. The van der Waals surface area contributed by atoms with Crippen LogP contribution in [0.1, 0.15) is 30.6 Å². The number of carbonyl (C=O) groups is 1. The Morgan fingerprint density at radius 2 is 2.17 bits per heavy atom. The molecule has 24 heavy (non-hydrogen) atoms. The van der Waals surface area contributed by atoms with E-state index in [1.165, 1.54) is 6.07 Å². The molecule has 0 saturated carbocycles. The lowest BCUT2D eigenvalue weighted by Gasteiger charge is -2.21. The molecule has 0 spiro atoms. The van der Waals surface area contributed by atoms with Crippen LogP contribution < -0.4 is 5.32 Å². The Kier molecular flexibility index (Phi) is 3.45. The number of aromatic nitrogens is 2. The number of nitrogens with zero attached hydrogens (tertiary/aromatic N) is 2. The van der Waals surface area contributed by atoms with Crippen molar-refractivity contribution in [1.82, 2.24) is 9.78 Å². The quantitative estimate of drug-likeness (QED) is 0.797. The zero-order valence-corrected chi connectivity index (χ0v) is 13.1. The number of nitrogens with one attached hydrogen (secondary N) is 1. The van der Waals surface area contributed by atoms with Gasteiger partial charge in [0.15, 0.2) is 0 Å². The second kappa shape index (κ2) is 5.63. The fraction of sp³-hybridized carbons (Fsp3) is 0.222. The molecular weight excluding hydrogens is 309 g/mol. The Labute approximate surface area is 138 Å². The molecule has 1 amide bonds. The van der Waals surface area contributed by atoms with Gasteiger partial charge in [-0.2, -0.15) is 5.10 Å². The first kappa shape index (κ1) is 14.7. The van der Waals surface area contributed by atoms with Gasteiger partial charge in [0.1, 0.15) is 23.2 Å². The van der Waals surface area contributed by atoms with Crippen molar-refractivity contribution in [3.8, 4) is 11.3 Å². The smallest absolute Gasteiger partial charge is 0.226 e. The van der Waals surface area contributed by atoms with Crippen LogP contribution in [0.15, 0.2) is 47.0 Å².